The van der Waals surface area contributed by atoms with Crippen molar-refractivity contribution in [2.45, 2.75) is 31.7 Å². The minimum Gasteiger partial charge on any atom is -0.319 e. The molecule has 0 bridgehead atoms. The molecule has 20 heavy (non-hydrogen) atoms. The monoisotopic (exact) mass is 341 g/mol. The van der Waals surface area contributed by atoms with Gasteiger partial charge < -0.3 is 10.6 Å². The summed E-state index contributed by atoms with van der Waals surface area (Å²) in [6.45, 7) is 2.61. The zero-order valence-corrected chi connectivity index (χ0v) is 12.7. The van der Waals surface area contributed by atoms with E-state index < -0.39 is 10.5 Å². The highest BCUT2D eigenvalue weighted by atomic mass is 79.9. The maximum Gasteiger partial charge on any atom is 0.293 e. The van der Waals surface area contributed by atoms with Gasteiger partial charge in [-0.15, -0.1) is 0 Å². The fourth-order valence-corrected chi connectivity index (χ4v) is 2.62. The van der Waals surface area contributed by atoms with Crippen LogP contribution in [0.2, 0.25) is 0 Å². The molecule has 1 unspecified atom stereocenters. The summed E-state index contributed by atoms with van der Waals surface area (Å²) in [7, 11) is 0. The number of rotatable bonds is 3. The lowest BCUT2D eigenvalue weighted by Crippen LogP contribution is -2.54. The Morgan fingerprint density at radius 1 is 1.50 bits per heavy atom. The van der Waals surface area contributed by atoms with Crippen LogP contribution in [0.25, 0.3) is 0 Å². The van der Waals surface area contributed by atoms with Gasteiger partial charge in [0.15, 0.2) is 0 Å². The molecule has 0 aliphatic carbocycles. The van der Waals surface area contributed by atoms with E-state index in [2.05, 4.69) is 26.6 Å². The molecule has 0 spiro atoms. The molecule has 108 valence electrons. The Balaban J connectivity index is 2.21. The van der Waals surface area contributed by atoms with Gasteiger partial charge in [-0.25, -0.2) is 0 Å². The average Bonchev–Trinajstić information content (AvgIpc) is 2.41. The Morgan fingerprint density at radius 3 is 2.85 bits per heavy atom. The molecule has 2 rings (SSSR count). The van der Waals surface area contributed by atoms with Gasteiger partial charge in [0, 0.05) is 10.5 Å². The average molecular weight is 342 g/mol. The summed E-state index contributed by atoms with van der Waals surface area (Å²) in [5.41, 5.74) is -0.567. The molecule has 1 heterocycles. The normalized spacial score (nSPS) is 22.3. The largest absolute Gasteiger partial charge is 0.319 e. The van der Waals surface area contributed by atoms with Gasteiger partial charge in [-0.1, -0.05) is 15.9 Å². The third-order valence-corrected chi connectivity index (χ3v) is 4.02. The van der Waals surface area contributed by atoms with Crippen molar-refractivity contribution < 1.29 is 9.72 Å². The van der Waals surface area contributed by atoms with Gasteiger partial charge in [0.05, 0.1) is 10.5 Å². The molecule has 1 atom stereocenters. The predicted molar refractivity (Wildman–Crippen MR) is 79.7 cm³/mol. The zero-order chi connectivity index (χ0) is 14.8. The van der Waals surface area contributed by atoms with Crippen molar-refractivity contribution in [1.82, 2.24) is 5.32 Å². The molecular formula is C13H16BrN3O3. The number of hydrogen-bond donors (Lipinski definition) is 2. The first-order chi connectivity index (χ1) is 9.42. The maximum absolute atomic E-state index is 12.3. The molecule has 7 heteroatoms. The number of nitrogens with zero attached hydrogens (tertiary/aromatic N) is 1. The molecular weight excluding hydrogens is 326 g/mol. The Bertz CT molecular complexity index is 542. The topological polar surface area (TPSA) is 84.3 Å². The molecule has 0 saturated carbocycles. The van der Waals surface area contributed by atoms with Crippen LogP contribution in [0.1, 0.15) is 26.2 Å². The van der Waals surface area contributed by atoms with E-state index in [1.54, 1.807) is 6.07 Å². The van der Waals surface area contributed by atoms with Crippen LogP contribution in [0.3, 0.4) is 0 Å². The number of halogens is 1. The van der Waals surface area contributed by atoms with E-state index in [-0.39, 0.29) is 17.3 Å². The number of nitro benzene ring substituents is 1. The Hall–Kier alpha value is -1.47. The minimum absolute atomic E-state index is 0.118. The first-order valence-electron chi connectivity index (χ1n) is 6.43. The van der Waals surface area contributed by atoms with E-state index in [1.165, 1.54) is 12.1 Å². The molecule has 0 radical (unpaired) electrons. The van der Waals surface area contributed by atoms with Crippen LogP contribution < -0.4 is 10.6 Å². The first-order valence-corrected chi connectivity index (χ1v) is 7.22. The highest BCUT2D eigenvalue weighted by Gasteiger charge is 2.35. The second-order valence-electron chi connectivity index (χ2n) is 5.09. The SMILES string of the molecule is CC1(C(=O)Nc2ccc(Br)cc2[N+](=O)[O-])CCCCN1. The predicted octanol–water partition coefficient (Wildman–Crippen LogP) is 2.83. The summed E-state index contributed by atoms with van der Waals surface area (Å²) in [6.07, 6.45) is 2.74. The number of nitro groups is 1. The van der Waals surface area contributed by atoms with Gasteiger partial charge in [-0.3, -0.25) is 14.9 Å². The number of hydrogen-bond acceptors (Lipinski definition) is 4. The summed E-state index contributed by atoms with van der Waals surface area (Å²) in [5, 5.41) is 16.9. The van der Waals surface area contributed by atoms with Gasteiger partial charge in [0.25, 0.3) is 5.69 Å². The third-order valence-electron chi connectivity index (χ3n) is 3.52. The van der Waals surface area contributed by atoms with Crippen LogP contribution in [-0.2, 0) is 4.79 Å². The molecule has 1 saturated heterocycles. The lowest BCUT2D eigenvalue weighted by molar-refractivity contribution is -0.384. The van der Waals surface area contributed by atoms with Crippen LogP contribution in [0, 0.1) is 10.1 Å². The van der Waals surface area contributed by atoms with Gasteiger partial charge in [0.2, 0.25) is 5.91 Å². The summed E-state index contributed by atoms with van der Waals surface area (Å²) >= 11 is 3.19. The van der Waals surface area contributed by atoms with Crippen molar-refractivity contribution >= 4 is 33.2 Å². The molecule has 6 nitrogen and oxygen atoms in total. The quantitative estimate of drug-likeness (QED) is 0.653. The zero-order valence-electron chi connectivity index (χ0n) is 11.1. The summed E-state index contributed by atoms with van der Waals surface area (Å²) in [6, 6.07) is 4.58. The van der Waals surface area contributed by atoms with Crippen molar-refractivity contribution in [3.05, 3.63) is 32.8 Å². The van der Waals surface area contributed by atoms with Gasteiger partial charge in [-0.2, -0.15) is 0 Å². The van der Waals surface area contributed by atoms with Crippen molar-refractivity contribution in [2.24, 2.45) is 0 Å². The second-order valence-corrected chi connectivity index (χ2v) is 6.00. The van der Waals surface area contributed by atoms with Crippen LogP contribution in [0.15, 0.2) is 22.7 Å². The summed E-state index contributed by atoms with van der Waals surface area (Å²) in [4.78, 5) is 22.9. The van der Waals surface area contributed by atoms with E-state index in [4.69, 9.17) is 0 Å². The number of nitrogens with one attached hydrogen (secondary N) is 2. The van der Waals surface area contributed by atoms with E-state index in [1.807, 2.05) is 6.92 Å². The smallest absolute Gasteiger partial charge is 0.293 e. The fourth-order valence-electron chi connectivity index (χ4n) is 2.27. The number of piperidine rings is 1. The lowest BCUT2D eigenvalue weighted by Gasteiger charge is -2.33. The standard InChI is InChI=1S/C13H16BrN3O3/c1-13(6-2-3-7-15-13)12(18)16-10-5-4-9(14)8-11(10)17(19)20/h4-5,8,15H,2-3,6-7H2,1H3,(H,16,18). The van der Waals surface area contributed by atoms with Crippen molar-refractivity contribution in [3.8, 4) is 0 Å². The number of amides is 1. The van der Waals surface area contributed by atoms with Gasteiger partial charge >= 0.3 is 0 Å². The lowest BCUT2D eigenvalue weighted by atomic mass is 9.90. The fraction of sp³-hybridized carbons (Fsp3) is 0.462. The molecule has 2 N–H and O–H groups in total. The molecule has 1 amide bonds. The molecule has 1 aliphatic rings. The summed E-state index contributed by atoms with van der Waals surface area (Å²) < 4.78 is 0.601. The highest BCUT2D eigenvalue weighted by Crippen LogP contribution is 2.29. The maximum atomic E-state index is 12.3. The molecule has 1 aromatic rings. The highest BCUT2D eigenvalue weighted by molar-refractivity contribution is 9.10. The van der Waals surface area contributed by atoms with Crippen molar-refractivity contribution in [2.75, 3.05) is 11.9 Å². The summed E-state index contributed by atoms with van der Waals surface area (Å²) in [5.74, 6) is -0.234. The van der Waals surface area contributed by atoms with Gasteiger partial charge in [-0.05, 0) is 44.9 Å². The minimum atomic E-state index is -0.667. The van der Waals surface area contributed by atoms with Crippen molar-refractivity contribution in [1.29, 1.82) is 0 Å². The molecule has 0 aromatic heterocycles. The Kier molecular flexibility index (Phi) is 4.39. The second kappa shape index (κ2) is 5.88. The van der Waals surface area contributed by atoms with E-state index >= 15 is 0 Å². The van der Waals surface area contributed by atoms with Crippen molar-refractivity contribution in [3.63, 3.8) is 0 Å². The first kappa shape index (κ1) is 14.9. The van der Waals surface area contributed by atoms with E-state index in [0.29, 0.717) is 4.47 Å². The number of benzene rings is 1. The van der Waals surface area contributed by atoms with Crippen LogP contribution in [0.5, 0.6) is 0 Å². The third kappa shape index (κ3) is 3.16. The molecule has 1 aliphatic heterocycles. The number of carbonyl (C=O) groups excluding carboxylic acids is 1. The number of carbonyl (C=O) groups is 1. The van der Waals surface area contributed by atoms with Crippen LogP contribution in [0.4, 0.5) is 11.4 Å². The Labute approximate surface area is 125 Å². The number of anilines is 1. The van der Waals surface area contributed by atoms with Crippen LogP contribution in [-0.4, -0.2) is 22.9 Å². The van der Waals surface area contributed by atoms with Gasteiger partial charge in [0.1, 0.15) is 5.69 Å². The van der Waals surface area contributed by atoms with Crippen LogP contribution >= 0.6 is 15.9 Å². The Morgan fingerprint density at radius 2 is 2.25 bits per heavy atom. The van der Waals surface area contributed by atoms with E-state index in [9.17, 15) is 14.9 Å². The van der Waals surface area contributed by atoms with E-state index in [0.717, 1.165) is 25.8 Å². The molecule has 1 fully saturated rings. The molecule has 1 aromatic carbocycles.